The third-order valence-corrected chi connectivity index (χ3v) is 3.80. The molecule has 0 saturated carbocycles. The first-order chi connectivity index (χ1) is 12.1. The number of amides is 1. The topological polar surface area (TPSA) is 65.4 Å². The van der Waals surface area contributed by atoms with Crippen molar-refractivity contribution in [1.29, 1.82) is 0 Å². The van der Waals surface area contributed by atoms with Crippen molar-refractivity contribution in [3.63, 3.8) is 0 Å². The van der Waals surface area contributed by atoms with Crippen LogP contribution in [0.3, 0.4) is 0 Å². The lowest BCUT2D eigenvalue weighted by Gasteiger charge is -2.05. The maximum absolute atomic E-state index is 12.4. The van der Waals surface area contributed by atoms with Gasteiger partial charge in [0.25, 0.3) is 5.91 Å². The van der Waals surface area contributed by atoms with E-state index in [0.29, 0.717) is 17.0 Å². The minimum Gasteiger partial charge on any atom is -0.497 e. The Hall–Kier alpha value is -3.12. The number of ether oxygens (including phenoxy) is 1. The number of aryl methyl sites for hydroxylation is 1. The van der Waals surface area contributed by atoms with Crippen molar-refractivity contribution in [2.45, 2.75) is 6.92 Å². The van der Waals surface area contributed by atoms with Crippen molar-refractivity contribution >= 4 is 5.91 Å². The van der Waals surface area contributed by atoms with Crippen LogP contribution in [0.15, 0.2) is 54.7 Å². The first-order valence-corrected chi connectivity index (χ1v) is 7.77. The highest BCUT2D eigenvalue weighted by atomic mass is 16.6. The maximum Gasteiger partial charge on any atom is 0.278 e. The number of carbonyl (C=O) groups excluding carboxylic acids is 1. The number of methoxy groups -OCH3 is 1. The van der Waals surface area contributed by atoms with Crippen LogP contribution in [0.4, 0.5) is 0 Å². The fourth-order valence-corrected chi connectivity index (χ4v) is 2.50. The smallest absolute Gasteiger partial charge is 0.278 e. The van der Waals surface area contributed by atoms with Gasteiger partial charge in [0, 0.05) is 11.8 Å². The summed E-state index contributed by atoms with van der Waals surface area (Å²) < 4.78 is 6.95. The fraction of sp³-hybridized carbons (Fsp3) is 0.158. The highest BCUT2D eigenvalue weighted by Gasteiger charge is 2.19. The van der Waals surface area contributed by atoms with Gasteiger partial charge in [-0.25, -0.2) is 10.2 Å². The molecule has 0 bridgehead atoms. The summed E-state index contributed by atoms with van der Waals surface area (Å²) in [4.78, 5) is 17.1. The zero-order valence-electron chi connectivity index (χ0n) is 14.3. The Labute approximate surface area is 146 Å². The van der Waals surface area contributed by atoms with Gasteiger partial charge in [-0.05, 0) is 31.2 Å². The number of benzene rings is 2. The predicted molar refractivity (Wildman–Crippen MR) is 94.8 cm³/mol. The zero-order chi connectivity index (χ0) is 17.8. The van der Waals surface area contributed by atoms with Crippen molar-refractivity contribution in [3.8, 4) is 22.7 Å². The van der Waals surface area contributed by atoms with Crippen LogP contribution in [0.1, 0.15) is 15.9 Å². The van der Waals surface area contributed by atoms with Gasteiger partial charge in [-0.15, -0.1) is 0 Å². The first kappa shape index (κ1) is 16.7. The van der Waals surface area contributed by atoms with E-state index in [4.69, 9.17) is 9.57 Å². The fourth-order valence-electron chi connectivity index (χ4n) is 2.50. The molecule has 0 saturated heterocycles. The highest BCUT2D eigenvalue weighted by molar-refractivity contribution is 5.99. The number of hydroxylamine groups is 1. The summed E-state index contributed by atoms with van der Waals surface area (Å²) in [6, 6.07) is 15.3. The Morgan fingerprint density at radius 1 is 1.12 bits per heavy atom. The number of nitrogens with zero attached hydrogens (tertiary/aromatic N) is 2. The van der Waals surface area contributed by atoms with Crippen LogP contribution >= 0.6 is 0 Å². The number of hydrogen-bond donors (Lipinski definition) is 1. The molecule has 0 radical (unpaired) electrons. The summed E-state index contributed by atoms with van der Waals surface area (Å²) in [7, 11) is 3.00. The van der Waals surface area contributed by atoms with Crippen LogP contribution < -0.4 is 10.2 Å². The molecule has 0 fully saturated rings. The van der Waals surface area contributed by atoms with E-state index in [9.17, 15) is 4.79 Å². The van der Waals surface area contributed by atoms with Crippen LogP contribution in [0.25, 0.3) is 16.9 Å². The quantitative estimate of drug-likeness (QED) is 0.727. The molecule has 0 aliphatic heterocycles. The second kappa shape index (κ2) is 7.19. The van der Waals surface area contributed by atoms with Crippen molar-refractivity contribution in [2.24, 2.45) is 0 Å². The van der Waals surface area contributed by atoms with Crippen LogP contribution in [0, 0.1) is 6.92 Å². The molecule has 6 heteroatoms. The van der Waals surface area contributed by atoms with Gasteiger partial charge in [-0.1, -0.05) is 29.8 Å². The maximum atomic E-state index is 12.4. The third kappa shape index (κ3) is 3.54. The number of rotatable bonds is 5. The Morgan fingerprint density at radius 2 is 1.88 bits per heavy atom. The van der Waals surface area contributed by atoms with E-state index in [-0.39, 0.29) is 5.91 Å². The molecule has 1 amide bonds. The molecule has 25 heavy (non-hydrogen) atoms. The summed E-state index contributed by atoms with van der Waals surface area (Å²) in [6.45, 7) is 2.02. The van der Waals surface area contributed by atoms with Crippen molar-refractivity contribution < 1.29 is 14.4 Å². The van der Waals surface area contributed by atoms with Crippen molar-refractivity contribution in [1.82, 2.24) is 15.3 Å². The second-order valence-electron chi connectivity index (χ2n) is 5.54. The lowest BCUT2D eigenvalue weighted by Crippen LogP contribution is -2.21. The molecule has 0 unspecified atom stereocenters. The lowest BCUT2D eigenvalue weighted by molar-refractivity contribution is 0.0538. The van der Waals surface area contributed by atoms with E-state index in [2.05, 4.69) is 10.6 Å². The third-order valence-electron chi connectivity index (χ3n) is 3.80. The molecule has 2 aromatic carbocycles. The van der Waals surface area contributed by atoms with Gasteiger partial charge in [-0.3, -0.25) is 9.63 Å². The summed E-state index contributed by atoms with van der Waals surface area (Å²) in [5.74, 6) is 0.333. The Bertz CT molecular complexity index is 885. The number of aromatic nitrogens is 2. The van der Waals surface area contributed by atoms with Gasteiger partial charge in [0.15, 0.2) is 0 Å². The van der Waals surface area contributed by atoms with Gasteiger partial charge in [0.1, 0.15) is 11.4 Å². The van der Waals surface area contributed by atoms with E-state index < -0.39 is 0 Å². The van der Waals surface area contributed by atoms with E-state index >= 15 is 0 Å². The SMILES string of the molecule is CONC(=O)c1cn(-c2ccc(C)cc2)nc1-c1cccc(OC)c1. The lowest BCUT2D eigenvalue weighted by atomic mass is 10.1. The van der Waals surface area contributed by atoms with Gasteiger partial charge in [0.05, 0.1) is 25.5 Å². The molecule has 128 valence electrons. The second-order valence-corrected chi connectivity index (χ2v) is 5.54. The minimum absolute atomic E-state index is 0.362. The van der Waals surface area contributed by atoms with Gasteiger partial charge in [-0.2, -0.15) is 5.10 Å². The minimum atomic E-state index is -0.362. The van der Waals surface area contributed by atoms with Crippen LogP contribution in [-0.4, -0.2) is 29.9 Å². The van der Waals surface area contributed by atoms with Crippen molar-refractivity contribution in [2.75, 3.05) is 14.2 Å². The molecule has 6 nitrogen and oxygen atoms in total. The normalized spacial score (nSPS) is 10.5. The summed E-state index contributed by atoms with van der Waals surface area (Å²) in [6.07, 6.45) is 1.69. The molecule has 1 N–H and O–H groups in total. The number of hydrogen-bond acceptors (Lipinski definition) is 4. The first-order valence-electron chi connectivity index (χ1n) is 7.77. The highest BCUT2D eigenvalue weighted by Crippen LogP contribution is 2.27. The van der Waals surface area contributed by atoms with Crippen LogP contribution in [0.5, 0.6) is 5.75 Å². The largest absolute Gasteiger partial charge is 0.497 e. The molecule has 1 heterocycles. The van der Waals surface area contributed by atoms with Gasteiger partial charge < -0.3 is 4.74 Å². The summed E-state index contributed by atoms with van der Waals surface area (Å²) in [5, 5.41) is 4.60. The number of nitrogens with one attached hydrogen (secondary N) is 1. The van der Waals surface area contributed by atoms with E-state index in [0.717, 1.165) is 16.8 Å². The van der Waals surface area contributed by atoms with E-state index in [1.54, 1.807) is 18.0 Å². The Balaban J connectivity index is 2.11. The molecule has 3 aromatic rings. The molecule has 0 atom stereocenters. The van der Waals surface area contributed by atoms with E-state index in [1.165, 1.54) is 7.11 Å². The Morgan fingerprint density at radius 3 is 2.56 bits per heavy atom. The molecule has 1 aromatic heterocycles. The van der Waals surface area contributed by atoms with Crippen molar-refractivity contribution in [3.05, 3.63) is 65.9 Å². The number of carbonyl (C=O) groups is 1. The zero-order valence-corrected chi connectivity index (χ0v) is 14.3. The van der Waals surface area contributed by atoms with Crippen LogP contribution in [-0.2, 0) is 4.84 Å². The molecule has 3 rings (SSSR count). The van der Waals surface area contributed by atoms with E-state index in [1.807, 2.05) is 55.5 Å². The predicted octanol–water partition coefficient (Wildman–Crippen LogP) is 3.15. The molecular formula is C19H19N3O3. The van der Waals surface area contributed by atoms with Gasteiger partial charge >= 0.3 is 0 Å². The summed E-state index contributed by atoms with van der Waals surface area (Å²) in [5.41, 5.74) is 6.12. The standard InChI is InChI=1S/C19H19N3O3/c1-13-7-9-15(10-8-13)22-12-17(19(23)21-25-3)18(20-22)14-5-4-6-16(11-14)24-2/h4-12H,1-3H3,(H,21,23). The summed E-state index contributed by atoms with van der Waals surface area (Å²) >= 11 is 0. The average molecular weight is 337 g/mol. The molecule has 0 aliphatic carbocycles. The monoisotopic (exact) mass is 337 g/mol. The Kier molecular flexibility index (Phi) is 4.81. The average Bonchev–Trinajstić information content (AvgIpc) is 3.08. The van der Waals surface area contributed by atoms with Gasteiger partial charge in [0.2, 0.25) is 0 Å². The molecule has 0 aliphatic rings. The molecular weight excluding hydrogens is 318 g/mol. The van der Waals surface area contributed by atoms with Crippen LogP contribution in [0.2, 0.25) is 0 Å². The molecule has 0 spiro atoms.